The van der Waals surface area contributed by atoms with Crippen molar-refractivity contribution in [3.63, 3.8) is 0 Å². The summed E-state index contributed by atoms with van der Waals surface area (Å²) in [6.45, 7) is 1.04. The number of nitrogens with one attached hydrogen (secondary N) is 1. The standard InChI is InChI=1S/C15H18BrNO3/c1-19-14(18)9-20-15(7-10-5-13(15)17-8-10)11-3-2-4-12(16)6-11/h2-4,6,10,13,17H,5,7-9H2,1H3. The molecule has 2 bridgehead atoms. The van der Waals surface area contributed by atoms with Gasteiger partial charge < -0.3 is 14.8 Å². The number of hydrogen-bond donors (Lipinski definition) is 1. The van der Waals surface area contributed by atoms with Gasteiger partial charge in [-0.1, -0.05) is 28.1 Å². The summed E-state index contributed by atoms with van der Waals surface area (Å²) >= 11 is 3.51. The Morgan fingerprint density at radius 1 is 1.55 bits per heavy atom. The Hall–Kier alpha value is -0.910. The number of piperidine rings is 1. The maximum Gasteiger partial charge on any atom is 0.331 e. The van der Waals surface area contributed by atoms with Crippen molar-refractivity contribution in [1.82, 2.24) is 5.32 Å². The molecule has 5 heteroatoms. The van der Waals surface area contributed by atoms with Crippen LogP contribution in [0.4, 0.5) is 0 Å². The lowest BCUT2D eigenvalue weighted by Gasteiger charge is -2.38. The number of esters is 1. The SMILES string of the molecule is COC(=O)COC1(c2cccc(Br)c2)CC2CNC1C2. The van der Waals surface area contributed by atoms with Gasteiger partial charge in [0, 0.05) is 10.5 Å². The number of carbonyl (C=O) groups excluding carboxylic acids is 1. The molecule has 3 atom stereocenters. The van der Waals surface area contributed by atoms with Crippen LogP contribution in [0.25, 0.3) is 0 Å². The summed E-state index contributed by atoms with van der Waals surface area (Å²) < 4.78 is 11.8. The van der Waals surface area contributed by atoms with Gasteiger partial charge >= 0.3 is 5.97 Å². The van der Waals surface area contributed by atoms with Gasteiger partial charge in [-0.2, -0.15) is 0 Å². The van der Waals surface area contributed by atoms with Crippen LogP contribution in [0.15, 0.2) is 28.7 Å². The summed E-state index contributed by atoms with van der Waals surface area (Å²) in [7, 11) is 1.39. The van der Waals surface area contributed by atoms with Crippen LogP contribution in [-0.4, -0.2) is 32.3 Å². The molecule has 3 unspecified atom stereocenters. The van der Waals surface area contributed by atoms with Crippen molar-refractivity contribution in [2.75, 3.05) is 20.3 Å². The van der Waals surface area contributed by atoms with Crippen LogP contribution in [0.2, 0.25) is 0 Å². The summed E-state index contributed by atoms with van der Waals surface area (Å²) in [5.74, 6) is 0.291. The zero-order valence-corrected chi connectivity index (χ0v) is 13.0. The number of fused-ring (bicyclic) bond motifs is 2. The van der Waals surface area contributed by atoms with Crippen molar-refractivity contribution in [2.24, 2.45) is 5.92 Å². The minimum atomic E-state index is -0.416. The van der Waals surface area contributed by atoms with Crippen molar-refractivity contribution in [2.45, 2.75) is 24.5 Å². The maximum atomic E-state index is 11.4. The van der Waals surface area contributed by atoms with Crippen LogP contribution >= 0.6 is 15.9 Å². The molecule has 1 aliphatic heterocycles. The molecule has 1 aliphatic carbocycles. The second-order valence-electron chi connectivity index (χ2n) is 5.53. The second-order valence-corrected chi connectivity index (χ2v) is 6.45. The normalized spacial score (nSPS) is 31.5. The first-order valence-corrected chi connectivity index (χ1v) is 7.63. The lowest BCUT2D eigenvalue weighted by Crippen LogP contribution is -2.49. The first kappa shape index (κ1) is 14.0. The third-order valence-corrected chi connectivity index (χ3v) is 4.86. The van der Waals surface area contributed by atoms with Gasteiger partial charge in [-0.05, 0) is 43.0 Å². The molecule has 20 heavy (non-hydrogen) atoms. The molecular weight excluding hydrogens is 322 g/mol. The monoisotopic (exact) mass is 339 g/mol. The van der Waals surface area contributed by atoms with Gasteiger partial charge in [0.1, 0.15) is 12.2 Å². The first-order chi connectivity index (χ1) is 9.64. The van der Waals surface area contributed by atoms with Crippen LogP contribution in [0.3, 0.4) is 0 Å². The predicted molar refractivity (Wildman–Crippen MR) is 78.3 cm³/mol. The van der Waals surface area contributed by atoms with Crippen molar-refractivity contribution in [3.8, 4) is 0 Å². The molecule has 3 rings (SSSR count). The molecule has 1 heterocycles. The van der Waals surface area contributed by atoms with Gasteiger partial charge in [-0.15, -0.1) is 0 Å². The van der Waals surface area contributed by atoms with Gasteiger partial charge in [-0.3, -0.25) is 0 Å². The molecule has 1 saturated heterocycles. The Morgan fingerprint density at radius 2 is 2.40 bits per heavy atom. The third kappa shape index (κ3) is 2.38. The average Bonchev–Trinajstić information content (AvgIpc) is 3.06. The number of ether oxygens (including phenoxy) is 2. The third-order valence-electron chi connectivity index (χ3n) is 4.37. The van der Waals surface area contributed by atoms with Crippen molar-refractivity contribution in [3.05, 3.63) is 34.3 Å². The van der Waals surface area contributed by atoms with E-state index in [9.17, 15) is 4.79 Å². The summed E-state index contributed by atoms with van der Waals surface area (Å²) in [6, 6.07) is 8.43. The highest BCUT2D eigenvalue weighted by Gasteiger charge is 2.53. The first-order valence-electron chi connectivity index (χ1n) is 6.84. The molecule has 1 saturated carbocycles. The van der Waals surface area contributed by atoms with Crippen molar-refractivity contribution < 1.29 is 14.3 Å². The molecule has 0 amide bonds. The highest BCUT2D eigenvalue weighted by atomic mass is 79.9. The lowest BCUT2D eigenvalue weighted by molar-refractivity contribution is -0.156. The fourth-order valence-electron chi connectivity index (χ4n) is 3.45. The molecule has 0 aromatic heterocycles. The van der Waals surface area contributed by atoms with E-state index in [0.29, 0.717) is 5.92 Å². The number of halogens is 1. The van der Waals surface area contributed by atoms with E-state index < -0.39 is 5.60 Å². The van der Waals surface area contributed by atoms with Gasteiger partial charge in [0.25, 0.3) is 0 Å². The molecule has 4 nitrogen and oxygen atoms in total. The minimum absolute atomic E-state index is 0.00604. The fourth-order valence-corrected chi connectivity index (χ4v) is 3.85. The Bertz CT molecular complexity index is 522. The molecule has 1 aromatic carbocycles. The summed E-state index contributed by atoms with van der Waals surface area (Å²) in [4.78, 5) is 11.4. The number of methoxy groups -OCH3 is 1. The van der Waals surface area contributed by atoms with Crippen molar-refractivity contribution >= 4 is 21.9 Å². The van der Waals surface area contributed by atoms with Gasteiger partial charge in [-0.25, -0.2) is 4.79 Å². The van der Waals surface area contributed by atoms with E-state index in [1.807, 2.05) is 12.1 Å². The predicted octanol–water partition coefficient (Wildman–Crippen LogP) is 2.22. The van der Waals surface area contributed by atoms with E-state index in [4.69, 9.17) is 9.47 Å². The van der Waals surface area contributed by atoms with E-state index in [1.54, 1.807) is 0 Å². The molecule has 1 N–H and O–H groups in total. The molecule has 0 spiro atoms. The van der Waals surface area contributed by atoms with E-state index >= 15 is 0 Å². The van der Waals surface area contributed by atoms with E-state index in [-0.39, 0.29) is 18.6 Å². The van der Waals surface area contributed by atoms with E-state index in [2.05, 4.69) is 33.4 Å². The zero-order chi connectivity index (χ0) is 14.2. The van der Waals surface area contributed by atoms with Crippen LogP contribution in [0, 0.1) is 5.92 Å². The second kappa shape index (κ2) is 5.47. The van der Waals surface area contributed by atoms with Crippen molar-refractivity contribution in [1.29, 1.82) is 0 Å². The van der Waals surface area contributed by atoms with E-state index in [1.165, 1.54) is 7.11 Å². The smallest absolute Gasteiger partial charge is 0.331 e. The highest BCUT2D eigenvalue weighted by Crippen LogP contribution is 2.48. The number of benzene rings is 1. The molecule has 1 aromatic rings. The Labute approximate surface area is 127 Å². The zero-order valence-electron chi connectivity index (χ0n) is 11.4. The number of carbonyl (C=O) groups is 1. The molecule has 108 valence electrons. The summed E-state index contributed by atoms with van der Waals surface area (Å²) in [5.41, 5.74) is 0.705. The summed E-state index contributed by atoms with van der Waals surface area (Å²) in [6.07, 6.45) is 2.06. The van der Waals surface area contributed by atoms with Gasteiger partial charge in [0.05, 0.1) is 7.11 Å². The number of hydrogen-bond acceptors (Lipinski definition) is 4. The van der Waals surface area contributed by atoms with Crippen LogP contribution in [0.1, 0.15) is 18.4 Å². The fraction of sp³-hybridized carbons (Fsp3) is 0.533. The van der Waals surface area contributed by atoms with E-state index in [0.717, 1.165) is 29.4 Å². The highest BCUT2D eigenvalue weighted by molar-refractivity contribution is 9.10. The molecule has 2 aliphatic rings. The largest absolute Gasteiger partial charge is 0.467 e. The number of rotatable bonds is 4. The minimum Gasteiger partial charge on any atom is -0.467 e. The molecule has 2 fully saturated rings. The molecular formula is C15H18BrNO3. The van der Waals surface area contributed by atoms with Crippen LogP contribution < -0.4 is 5.32 Å². The van der Waals surface area contributed by atoms with Gasteiger partial charge in [0.15, 0.2) is 0 Å². The Morgan fingerprint density at radius 3 is 3.00 bits per heavy atom. The Balaban J connectivity index is 1.90. The van der Waals surface area contributed by atoms with Crippen LogP contribution in [-0.2, 0) is 19.9 Å². The lowest BCUT2D eigenvalue weighted by atomic mass is 9.86. The maximum absolute atomic E-state index is 11.4. The Kier molecular flexibility index (Phi) is 3.84. The topological polar surface area (TPSA) is 47.6 Å². The molecule has 0 radical (unpaired) electrons. The average molecular weight is 340 g/mol. The van der Waals surface area contributed by atoms with Crippen LogP contribution in [0.5, 0.6) is 0 Å². The summed E-state index contributed by atoms with van der Waals surface area (Å²) in [5, 5.41) is 3.51. The quantitative estimate of drug-likeness (QED) is 0.854. The van der Waals surface area contributed by atoms with Gasteiger partial charge in [0.2, 0.25) is 0 Å².